The molecule has 3 rings (SSSR count). The zero-order chi connectivity index (χ0) is 14.1. The molecule has 3 aromatic rings. The summed E-state index contributed by atoms with van der Waals surface area (Å²) in [7, 11) is 0. The summed E-state index contributed by atoms with van der Waals surface area (Å²) in [6.45, 7) is 1.93. The van der Waals surface area contributed by atoms with Gasteiger partial charge in [-0.3, -0.25) is 0 Å². The van der Waals surface area contributed by atoms with Gasteiger partial charge < -0.3 is 10.3 Å². The molecule has 2 N–H and O–H groups in total. The Kier molecular flexibility index (Phi) is 2.95. The topological polar surface area (TPSA) is 64.9 Å². The largest absolute Gasteiger partial charge is 0.398 e. The van der Waals surface area contributed by atoms with Crippen molar-refractivity contribution in [2.24, 2.45) is 0 Å². The number of halogens is 1. The van der Waals surface area contributed by atoms with Crippen molar-refractivity contribution in [2.75, 3.05) is 5.73 Å². The van der Waals surface area contributed by atoms with Gasteiger partial charge in [-0.05, 0) is 48.9 Å². The lowest BCUT2D eigenvalue weighted by molar-refractivity contribution is 0.432. The molecule has 100 valence electrons. The van der Waals surface area contributed by atoms with Gasteiger partial charge in [-0.1, -0.05) is 11.2 Å². The van der Waals surface area contributed by atoms with E-state index in [4.69, 9.17) is 10.3 Å². The van der Waals surface area contributed by atoms with Crippen LogP contribution in [-0.4, -0.2) is 10.1 Å². The minimum absolute atomic E-state index is 0.302. The lowest BCUT2D eigenvalue weighted by Gasteiger charge is -2.00. The fourth-order valence-corrected chi connectivity index (χ4v) is 1.83. The highest BCUT2D eigenvalue weighted by Crippen LogP contribution is 2.25. The van der Waals surface area contributed by atoms with Crippen molar-refractivity contribution < 1.29 is 8.91 Å². The average Bonchev–Trinajstić information content (AvgIpc) is 2.92. The van der Waals surface area contributed by atoms with Crippen LogP contribution in [0.5, 0.6) is 0 Å². The van der Waals surface area contributed by atoms with Gasteiger partial charge in [0.05, 0.1) is 0 Å². The maximum absolute atomic E-state index is 12.9. The molecule has 0 atom stereocenters. The lowest BCUT2D eigenvalue weighted by Crippen LogP contribution is -1.90. The van der Waals surface area contributed by atoms with E-state index in [0.29, 0.717) is 23.0 Å². The predicted molar refractivity (Wildman–Crippen MR) is 74.3 cm³/mol. The summed E-state index contributed by atoms with van der Waals surface area (Å²) in [5.41, 5.74) is 8.98. The second-order valence-corrected chi connectivity index (χ2v) is 4.50. The van der Waals surface area contributed by atoms with Crippen molar-refractivity contribution in [1.29, 1.82) is 0 Å². The molecule has 5 heteroatoms. The van der Waals surface area contributed by atoms with Crippen LogP contribution in [0.2, 0.25) is 0 Å². The van der Waals surface area contributed by atoms with E-state index < -0.39 is 0 Å². The van der Waals surface area contributed by atoms with Crippen LogP contribution < -0.4 is 5.73 Å². The molecule has 0 spiro atoms. The van der Waals surface area contributed by atoms with Gasteiger partial charge in [0.1, 0.15) is 5.82 Å². The zero-order valence-electron chi connectivity index (χ0n) is 10.8. The number of benzene rings is 2. The van der Waals surface area contributed by atoms with Crippen LogP contribution in [-0.2, 0) is 0 Å². The first-order valence-electron chi connectivity index (χ1n) is 6.09. The summed E-state index contributed by atoms with van der Waals surface area (Å²) in [5.74, 6) is 0.499. The van der Waals surface area contributed by atoms with E-state index in [9.17, 15) is 4.39 Å². The minimum atomic E-state index is -0.302. The Labute approximate surface area is 115 Å². The summed E-state index contributed by atoms with van der Waals surface area (Å²) in [6, 6.07) is 11.5. The highest BCUT2D eigenvalue weighted by atomic mass is 19.1. The number of aryl methyl sites for hydroxylation is 1. The van der Waals surface area contributed by atoms with Crippen molar-refractivity contribution in [1.82, 2.24) is 10.1 Å². The first-order valence-corrected chi connectivity index (χ1v) is 6.09. The van der Waals surface area contributed by atoms with Crippen LogP contribution in [0.3, 0.4) is 0 Å². The van der Waals surface area contributed by atoms with Gasteiger partial charge in [0.15, 0.2) is 0 Å². The quantitative estimate of drug-likeness (QED) is 0.724. The smallest absolute Gasteiger partial charge is 0.258 e. The third-order valence-corrected chi connectivity index (χ3v) is 3.05. The van der Waals surface area contributed by atoms with E-state index >= 15 is 0 Å². The number of aromatic nitrogens is 2. The molecule has 2 aromatic carbocycles. The van der Waals surface area contributed by atoms with Crippen molar-refractivity contribution >= 4 is 5.69 Å². The molecule has 1 heterocycles. The van der Waals surface area contributed by atoms with Crippen molar-refractivity contribution in [3.63, 3.8) is 0 Å². The molecular formula is C15H12FN3O. The second kappa shape index (κ2) is 4.77. The van der Waals surface area contributed by atoms with Gasteiger partial charge in [-0.2, -0.15) is 4.98 Å². The fourth-order valence-electron chi connectivity index (χ4n) is 1.83. The average molecular weight is 269 g/mol. The van der Waals surface area contributed by atoms with Crippen LogP contribution in [0.4, 0.5) is 10.1 Å². The molecular weight excluding hydrogens is 257 g/mol. The minimum Gasteiger partial charge on any atom is -0.398 e. The third-order valence-electron chi connectivity index (χ3n) is 3.05. The van der Waals surface area contributed by atoms with Crippen LogP contribution in [0.15, 0.2) is 47.0 Å². The van der Waals surface area contributed by atoms with E-state index in [1.807, 2.05) is 19.1 Å². The summed E-state index contributed by atoms with van der Waals surface area (Å²) in [4.78, 5) is 4.30. The lowest BCUT2D eigenvalue weighted by atomic mass is 10.1. The van der Waals surface area contributed by atoms with Crippen LogP contribution in [0.1, 0.15) is 5.56 Å². The van der Waals surface area contributed by atoms with E-state index in [-0.39, 0.29) is 5.82 Å². The fraction of sp³-hybridized carbons (Fsp3) is 0.0667. The standard InChI is InChI=1S/C15H12FN3O/c1-9-2-3-11(8-13(9)17)15-18-14(19-20-15)10-4-6-12(16)7-5-10/h2-8H,17H2,1H3. The normalized spacial score (nSPS) is 10.7. The Morgan fingerprint density at radius 2 is 1.75 bits per heavy atom. The molecule has 0 saturated heterocycles. The zero-order valence-corrected chi connectivity index (χ0v) is 10.8. The maximum Gasteiger partial charge on any atom is 0.258 e. The number of hydrogen-bond donors (Lipinski definition) is 1. The maximum atomic E-state index is 12.9. The summed E-state index contributed by atoms with van der Waals surface area (Å²) in [5, 5.41) is 3.90. The Bertz CT molecular complexity index is 750. The summed E-state index contributed by atoms with van der Waals surface area (Å²) >= 11 is 0. The molecule has 0 aliphatic carbocycles. The molecule has 0 aliphatic heterocycles. The van der Waals surface area contributed by atoms with Gasteiger partial charge in [0.2, 0.25) is 5.82 Å². The van der Waals surface area contributed by atoms with E-state index in [1.165, 1.54) is 12.1 Å². The number of nitrogen functional groups attached to an aromatic ring is 1. The first-order chi connectivity index (χ1) is 9.63. The molecule has 0 radical (unpaired) electrons. The van der Waals surface area contributed by atoms with Gasteiger partial charge in [-0.25, -0.2) is 4.39 Å². The van der Waals surface area contributed by atoms with Crippen molar-refractivity contribution in [2.45, 2.75) is 6.92 Å². The number of nitrogens with two attached hydrogens (primary N) is 1. The first kappa shape index (κ1) is 12.3. The van der Waals surface area contributed by atoms with Gasteiger partial charge in [-0.15, -0.1) is 0 Å². The molecule has 0 fully saturated rings. The second-order valence-electron chi connectivity index (χ2n) is 4.50. The molecule has 0 unspecified atom stereocenters. The van der Waals surface area contributed by atoms with Crippen molar-refractivity contribution in [3.05, 3.63) is 53.8 Å². The number of hydrogen-bond acceptors (Lipinski definition) is 4. The summed E-state index contributed by atoms with van der Waals surface area (Å²) < 4.78 is 18.1. The Morgan fingerprint density at radius 1 is 1.05 bits per heavy atom. The number of rotatable bonds is 2. The summed E-state index contributed by atoms with van der Waals surface area (Å²) in [6.07, 6.45) is 0. The monoisotopic (exact) mass is 269 g/mol. The van der Waals surface area contributed by atoms with Crippen LogP contribution in [0.25, 0.3) is 22.8 Å². The van der Waals surface area contributed by atoms with E-state index in [2.05, 4.69) is 10.1 Å². The van der Waals surface area contributed by atoms with Crippen molar-refractivity contribution in [3.8, 4) is 22.8 Å². The Hall–Kier alpha value is -2.69. The van der Waals surface area contributed by atoms with Gasteiger partial charge in [0, 0.05) is 16.8 Å². The predicted octanol–water partition coefficient (Wildman–Crippen LogP) is 3.43. The number of nitrogens with zero attached hydrogens (tertiary/aromatic N) is 2. The third kappa shape index (κ3) is 2.25. The highest BCUT2D eigenvalue weighted by molar-refractivity contribution is 5.64. The van der Waals surface area contributed by atoms with Gasteiger partial charge in [0.25, 0.3) is 5.89 Å². The molecule has 0 saturated carbocycles. The molecule has 0 aliphatic rings. The highest BCUT2D eigenvalue weighted by Gasteiger charge is 2.11. The molecule has 0 amide bonds. The molecule has 4 nitrogen and oxygen atoms in total. The van der Waals surface area contributed by atoms with Crippen LogP contribution >= 0.6 is 0 Å². The van der Waals surface area contributed by atoms with E-state index in [0.717, 1.165) is 11.1 Å². The molecule has 1 aromatic heterocycles. The Morgan fingerprint density at radius 3 is 2.45 bits per heavy atom. The SMILES string of the molecule is Cc1ccc(-c2nc(-c3ccc(F)cc3)no2)cc1N. The Balaban J connectivity index is 1.97. The molecule has 20 heavy (non-hydrogen) atoms. The van der Waals surface area contributed by atoms with Crippen LogP contribution in [0, 0.1) is 12.7 Å². The molecule has 0 bridgehead atoms. The van der Waals surface area contributed by atoms with E-state index in [1.54, 1.807) is 18.2 Å². The number of anilines is 1. The van der Waals surface area contributed by atoms with Gasteiger partial charge >= 0.3 is 0 Å².